The average Bonchev–Trinajstić information content (AvgIpc) is 2.77. The van der Waals surface area contributed by atoms with Gasteiger partial charge < -0.3 is 0 Å². The van der Waals surface area contributed by atoms with Crippen LogP contribution in [-0.2, 0) is 15.1 Å². The van der Waals surface area contributed by atoms with Crippen LogP contribution in [0.3, 0.4) is 0 Å². The van der Waals surface area contributed by atoms with Crippen molar-refractivity contribution in [2.24, 2.45) is 0 Å². The van der Waals surface area contributed by atoms with Crippen LogP contribution < -0.4 is 0 Å². The lowest BCUT2D eigenvalue weighted by atomic mass is 9.89. The quantitative estimate of drug-likeness (QED) is 0.516. The predicted octanol–water partition coefficient (Wildman–Crippen LogP) is 2.48. The largest absolute Gasteiger partial charge is 0.274 e. The Morgan fingerprint density at radius 1 is 1.40 bits per heavy atom. The lowest BCUT2D eigenvalue weighted by molar-refractivity contribution is -0.143. The van der Waals surface area contributed by atoms with E-state index in [1.54, 1.807) is 18.3 Å². The van der Waals surface area contributed by atoms with Crippen molar-refractivity contribution in [1.82, 2.24) is 9.88 Å². The lowest BCUT2D eigenvalue weighted by Gasteiger charge is -2.39. The second-order valence-electron chi connectivity index (χ2n) is 4.75. The van der Waals surface area contributed by atoms with Crippen LogP contribution in [0.15, 0.2) is 24.4 Å². The second-order valence-corrected chi connectivity index (χ2v) is 5.91. The van der Waals surface area contributed by atoms with Gasteiger partial charge in [0.2, 0.25) is 11.8 Å². The summed E-state index contributed by atoms with van der Waals surface area (Å²) in [5, 5.41) is 0. The van der Waals surface area contributed by atoms with Crippen molar-refractivity contribution in [1.29, 1.82) is 0 Å². The van der Waals surface area contributed by atoms with Crippen molar-refractivity contribution in [2.75, 3.05) is 0 Å². The summed E-state index contributed by atoms with van der Waals surface area (Å²) in [6, 6.07) is 5.40. The van der Waals surface area contributed by atoms with E-state index in [0.717, 1.165) is 6.42 Å². The Kier molecular flexibility index (Phi) is 4.55. The number of imide groups is 1. The van der Waals surface area contributed by atoms with Crippen molar-refractivity contribution in [3.05, 3.63) is 30.1 Å². The van der Waals surface area contributed by atoms with Gasteiger partial charge in [-0.25, -0.2) is 0 Å². The molecule has 2 amide bonds. The van der Waals surface area contributed by atoms with Gasteiger partial charge in [-0.05, 0) is 18.6 Å². The number of nitrogens with zero attached hydrogens (tertiary/aromatic N) is 2. The number of likely N-dealkylation sites (tertiary alicyclic amines) is 1. The van der Waals surface area contributed by atoms with Crippen LogP contribution in [0.25, 0.3) is 0 Å². The summed E-state index contributed by atoms with van der Waals surface area (Å²) < 4.78 is 0.307. The molecule has 1 aromatic rings. The molecule has 1 unspecified atom stereocenters. The Morgan fingerprint density at radius 2 is 2.05 bits per heavy atom. The van der Waals surface area contributed by atoms with E-state index in [4.69, 9.17) is 12.2 Å². The van der Waals surface area contributed by atoms with Gasteiger partial charge in [0.05, 0.1) is 9.89 Å². The number of hydrogen-bond acceptors (Lipinski definition) is 4. The standard InChI is InChI=1S/C14H16N2O2S2/c1-2-8-14(13(19)20,10-5-3-4-9-15-10)16-11(17)6-7-12(16)18/h3-5,9H,2,6-8H2,1H3,(H,19,20). The number of pyridine rings is 1. The number of amides is 2. The van der Waals surface area contributed by atoms with Gasteiger partial charge in [0.25, 0.3) is 0 Å². The molecule has 20 heavy (non-hydrogen) atoms. The maximum atomic E-state index is 12.2. The maximum absolute atomic E-state index is 12.2. The summed E-state index contributed by atoms with van der Waals surface area (Å²) in [4.78, 5) is 29.9. The number of carbonyl (C=O) groups excluding carboxylic acids is 2. The molecule has 0 bridgehead atoms. The molecule has 1 aromatic heterocycles. The van der Waals surface area contributed by atoms with E-state index in [-0.39, 0.29) is 24.7 Å². The summed E-state index contributed by atoms with van der Waals surface area (Å²) in [7, 11) is 0. The summed E-state index contributed by atoms with van der Waals surface area (Å²) in [5.74, 6) is -0.406. The van der Waals surface area contributed by atoms with Crippen molar-refractivity contribution < 1.29 is 9.59 Å². The van der Waals surface area contributed by atoms with Crippen molar-refractivity contribution in [3.8, 4) is 0 Å². The van der Waals surface area contributed by atoms with Crippen molar-refractivity contribution in [2.45, 2.75) is 38.1 Å². The van der Waals surface area contributed by atoms with Crippen molar-refractivity contribution in [3.63, 3.8) is 0 Å². The first kappa shape index (κ1) is 15.1. The van der Waals surface area contributed by atoms with Gasteiger partial charge in [0, 0.05) is 19.0 Å². The zero-order chi connectivity index (χ0) is 14.8. The number of thiocarbonyl (C=S) groups is 1. The van der Waals surface area contributed by atoms with Crippen LogP contribution in [0.5, 0.6) is 0 Å². The van der Waals surface area contributed by atoms with Crippen LogP contribution in [0.4, 0.5) is 0 Å². The molecule has 0 N–H and O–H groups in total. The average molecular weight is 308 g/mol. The van der Waals surface area contributed by atoms with Crippen LogP contribution in [-0.4, -0.2) is 25.9 Å². The number of rotatable bonds is 5. The third kappa shape index (κ3) is 2.38. The van der Waals surface area contributed by atoms with Crippen LogP contribution in [0, 0.1) is 0 Å². The number of carbonyl (C=O) groups is 2. The molecular formula is C14H16N2O2S2. The molecule has 0 saturated carbocycles. The van der Waals surface area contributed by atoms with E-state index >= 15 is 0 Å². The molecule has 1 aliphatic rings. The molecule has 2 rings (SSSR count). The minimum atomic E-state index is -1.01. The van der Waals surface area contributed by atoms with Gasteiger partial charge in [-0.15, -0.1) is 12.6 Å². The smallest absolute Gasteiger partial charge is 0.230 e. The fourth-order valence-corrected chi connectivity index (χ4v) is 3.26. The van der Waals surface area contributed by atoms with Gasteiger partial charge in [0.1, 0.15) is 5.54 Å². The van der Waals surface area contributed by atoms with E-state index in [1.807, 2.05) is 13.0 Å². The Balaban J connectivity index is 2.62. The summed E-state index contributed by atoms with van der Waals surface area (Å²) in [6.45, 7) is 1.98. The molecule has 0 spiro atoms. The normalized spacial score (nSPS) is 18.2. The second kappa shape index (κ2) is 6.01. The van der Waals surface area contributed by atoms with Crippen LogP contribution >= 0.6 is 24.8 Å². The minimum Gasteiger partial charge on any atom is -0.274 e. The van der Waals surface area contributed by atoms with E-state index in [2.05, 4.69) is 17.6 Å². The highest BCUT2D eigenvalue weighted by Crippen LogP contribution is 2.39. The molecule has 1 aliphatic heterocycles. The number of aromatic nitrogens is 1. The molecule has 0 aromatic carbocycles. The Hall–Kier alpha value is -1.27. The first-order chi connectivity index (χ1) is 9.54. The Labute approximate surface area is 129 Å². The highest BCUT2D eigenvalue weighted by Gasteiger charge is 2.49. The molecule has 6 heteroatoms. The van der Waals surface area contributed by atoms with Gasteiger partial charge in [-0.1, -0.05) is 31.6 Å². The van der Waals surface area contributed by atoms with E-state index < -0.39 is 5.54 Å². The van der Waals surface area contributed by atoms with E-state index in [9.17, 15) is 9.59 Å². The highest BCUT2D eigenvalue weighted by atomic mass is 32.1. The van der Waals surface area contributed by atoms with Crippen LogP contribution in [0.1, 0.15) is 38.3 Å². The summed E-state index contributed by atoms with van der Waals surface area (Å²) in [6.07, 6.45) is 3.38. The van der Waals surface area contributed by atoms with Gasteiger partial charge in [-0.2, -0.15) is 0 Å². The molecule has 106 valence electrons. The molecule has 0 radical (unpaired) electrons. The number of thiol groups is 1. The molecule has 0 aliphatic carbocycles. The van der Waals surface area contributed by atoms with Gasteiger partial charge >= 0.3 is 0 Å². The third-order valence-corrected chi connectivity index (χ3v) is 4.20. The van der Waals surface area contributed by atoms with Gasteiger partial charge in [-0.3, -0.25) is 19.5 Å². The molecule has 1 saturated heterocycles. The highest BCUT2D eigenvalue weighted by molar-refractivity contribution is 8.11. The number of hydrogen-bond donors (Lipinski definition) is 1. The zero-order valence-electron chi connectivity index (χ0n) is 11.2. The zero-order valence-corrected chi connectivity index (χ0v) is 12.9. The summed E-state index contributed by atoms with van der Waals surface area (Å²) >= 11 is 9.62. The fourth-order valence-electron chi connectivity index (χ4n) is 2.64. The third-order valence-electron chi connectivity index (χ3n) is 3.49. The maximum Gasteiger partial charge on any atom is 0.230 e. The predicted molar refractivity (Wildman–Crippen MR) is 83.5 cm³/mol. The topological polar surface area (TPSA) is 50.3 Å². The monoisotopic (exact) mass is 308 g/mol. The molecule has 4 nitrogen and oxygen atoms in total. The molecule has 1 atom stereocenters. The lowest BCUT2D eigenvalue weighted by Crippen LogP contribution is -2.53. The fraction of sp³-hybridized carbons (Fsp3) is 0.429. The molecule has 2 heterocycles. The summed E-state index contributed by atoms with van der Waals surface area (Å²) in [5.41, 5.74) is -0.412. The Morgan fingerprint density at radius 3 is 2.50 bits per heavy atom. The van der Waals surface area contributed by atoms with E-state index in [0.29, 0.717) is 16.3 Å². The minimum absolute atomic E-state index is 0.203. The SMILES string of the molecule is CCCC(C(=S)S)(c1ccccn1)N1C(=O)CCC1=O. The first-order valence-corrected chi connectivity index (χ1v) is 7.40. The van der Waals surface area contributed by atoms with Gasteiger partial charge in [0.15, 0.2) is 0 Å². The Bertz CT molecular complexity index is 531. The molecular weight excluding hydrogens is 292 g/mol. The van der Waals surface area contributed by atoms with E-state index in [1.165, 1.54) is 4.90 Å². The first-order valence-electron chi connectivity index (χ1n) is 6.55. The van der Waals surface area contributed by atoms with Crippen LogP contribution in [0.2, 0.25) is 0 Å². The molecule has 1 fully saturated rings. The van der Waals surface area contributed by atoms with Crippen molar-refractivity contribution >= 4 is 40.9 Å².